The lowest BCUT2D eigenvalue weighted by Gasteiger charge is -2.23. The molecule has 192 valence electrons. The number of methoxy groups -OCH3 is 1. The molecular formula is C25H29ClN4O6. The minimum absolute atomic E-state index is 0.0138. The van der Waals surface area contributed by atoms with Gasteiger partial charge in [0, 0.05) is 24.6 Å². The number of hydrogen-bond donors (Lipinski definition) is 5. The second-order valence-corrected chi connectivity index (χ2v) is 8.77. The van der Waals surface area contributed by atoms with Crippen LogP contribution in [0.4, 0.5) is 0 Å². The van der Waals surface area contributed by atoms with E-state index < -0.39 is 23.8 Å². The van der Waals surface area contributed by atoms with Crippen molar-refractivity contribution in [1.29, 1.82) is 0 Å². The van der Waals surface area contributed by atoms with Gasteiger partial charge in [0.25, 0.3) is 11.8 Å². The Morgan fingerprint density at radius 2 is 1.83 bits per heavy atom. The van der Waals surface area contributed by atoms with E-state index in [1.165, 1.54) is 37.4 Å². The first-order chi connectivity index (χ1) is 17.3. The maximum absolute atomic E-state index is 12.8. The number of ether oxygens (including phenoxy) is 1. The van der Waals surface area contributed by atoms with Crippen LogP contribution < -0.4 is 21.3 Å². The number of rotatable bonds is 9. The molecule has 36 heavy (non-hydrogen) atoms. The number of carbonyl (C=O) groups is 4. The monoisotopic (exact) mass is 516 g/mol. The highest BCUT2D eigenvalue weighted by Crippen LogP contribution is 2.19. The molecule has 3 amide bonds. The minimum Gasteiger partial charge on any atom is -0.508 e. The van der Waals surface area contributed by atoms with Crippen LogP contribution in [0.15, 0.2) is 42.5 Å². The van der Waals surface area contributed by atoms with Crippen molar-refractivity contribution in [3.05, 3.63) is 64.2 Å². The van der Waals surface area contributed by atoms with E-state index in [4.69, 9.17) is 16.3 Å². The first-order valence-electron chi connectivity index (χ1n) is 11.5. The van der Waals surface area contributed by atoms with Crippen LogP contribution in [0.3, 0.4) is 0 Å². The molecule has 1 aliphatic rings. The molecular weight excluding hydrogens is 488 g/mol. The van der Waals surface area contributed by atoms with Crippen LogP contribution in [0, 0.1) is 5.92 Å². The molecule has 1 saturated heterocycles. The van der Waals surface area contributed by atoms with Crippen LogP contribution in [-0.2, 0) is 20.9 Å². The molecule has 0 saturated carbocycles. The zero-order chi connectivity index (χ0) is 26.1. The molecule has 5 N–H and O–H groups in total. The number of halogens is 1. The Balaban J connectivity index is 1.60. The van der Waals surface area contributed by atoms with Gasteiger partial charge in [0.1, 0.15) is 11.8 Å². The Bertz CT molecular complexity index is 1120. The molecule has 3 rings (SSSR count). The molecule has 0 bridgehead atoms. The van der Waals surface area contributed by atoms with Crippen molar-refractivity contribution < 1.29 is 29.0 Å². The third-order valence-electron chi connectivity index (χ3n) is 5.82. The number of aromatic hydroxyl groups is 1. The fourth-order valence-corrected chi connectivity index (χ4v) is 4.06. The number of phenolic OH excluding ortho intramolecular Hbond substituents is 1. The van der Waals surface area contributed by atoms with Crippen molar-refractivity contribution in [2.24, 2.45) is 5.92 Å². The molecule has 1 atom stereocenters. The quantitative estimate of drug-likeness (QED) is 0.316. The summed E-state index contributed by atoms with van der Waals surface area (Å²) in [5.41, 5.74) is 1.00. The predicted molar refractivity (Wildman–Crippen MR) is 133 cm³/mol. The summed E-state index contributed by atoms with van der Waals surface area (Å²) >= 11 is 6.27. The van der Waals surface area contributed by atoms with Gasteiger partial charge in [-0.3, -0.25) is 14.4 Å². The van der Waals surface area contributed by atoms with E-state index in [1.807, 2.05) is 0 Å². The number of carbonyl (C=O) groups excluding carboxylic acids is 4. The zero-order valence-electron chi connectivity index (χ0n) is 19.8. The Morgan fingerprint density at radius 1 is 1.08 bits per heavy atom. The largest absolute Gasteiger partial charge is 0.508 e. The number of nitrogens with one attached hydrogen (secondary N) is 4. The lowest BCUT2D eigenvalue weighted by molar-refractivity contribution is -0.142. The molecule has 0 radical (unpaired) electrons. The number of hydrogen-bond acceptors (Lipinski definition) is 7. The van der Waals surface area contributed by atoms with E-state index in [0.29, 0.717) is 18.4 Å². The van der Waals surface area contributed by atoms with Crippen molar-refractivity contribution in [2.75, 3.05) is 26.7 Å². The summed E-state index contributed by atoms with van der Waals surface area (Å²) in [5.74, 6) is -2.03. The molecule has 1 fully saturated rings. The summed E-state index contributed by atoms with van der Waals surface area (Å²) in [4.78, 5) is 49.9. The number of phenols is 1. The summed E-state index contributed by atoms with van der Waals surface area (Å²) < 4.78 is 4.76. The van der Waals surface area contributed by atoms with E-state index >= 15 is 0 Å². The number of piperidine rings is 1. The molecule has 1 heterocycles. The molecule has 0 unspecified atom stereocenters. The zero-order valence-corrected chi connectivity index (χ0v) is 20.6. The van der Waals surface area contributed by atoms with Gasteiger partial charge in [0.2, 0.25) is 5.91 Å². The van der Waals surface area contributed by atoms with Gasteiger partial charge in [-0.2, -0.15) is 0 Å². The van der Waals surface area contributed by atoms with Crippen LogP contribution in [0.25, 0.3) is 0 Å². The van der Waals surface area contributed by atoms with Crippen molar-refractivity contribution in [3.8, 4) is 5.75 Å². The average Bonchev–Trinajstić information content (AvgIpc) is 2.89. The maximum atomic E-state index is 12.8. The molecule has 0 aromatic heterocycles. The van der Waals surface area contributed by atoms with E-state index in [-0.39, 0.29) is 46.8 Å². The van der Waals surface area contributed by atoms with Crippen molar-refractivity contribution in [3.63, 3.8) is 0 Å². The van der Waals surface area contributed by atoms with Gasteiger partial charge >= 0.3 is 5.97 Å². The minimum atomic E-state index is -1.12. The van der Waals surface area contributed by atoms with Crippen LogP contribution in [0.1, 0.15) is 39.1 Å². The number of benzene rings is 2. The average molecular weight is 517 g/mol. The first kappa shape index (κ1) is 27.0. The van der Waals surface area contributed by atoms with E-state index in [1.54, 1.807) is 12.1 Å². The lowest BCUT2D eigenvalue weighted by atomic mass is 9.97. The van der Waals surface area contributed by atoms with Crippen LogP contribution in [0.5, 0.6) is 5.75 Å². The van der Waals surface area contributed by atoms with Gasteiger partial charge in [-0.05, 0) is 61.8 Å². The standard InChI is InChI=1S/C25H29ClN4O6/c1-36-25(35)21(14-29-22(32)16-7-9-27-10-8-16)30-24(34)19-6-5-17(12-20(19)26)23(33)28-13-15-3-2-4-18(31)11-15/h2-6,11-12,16,21,27,31H,7-10,13-14H2,1H3,(H,28,33)(H,29,32)(H,30,34)/t21-/m0/s1. The highest BCUT2D eigenvalue weighted by Gasteiger charge is 2.26. The Hall–Kier alpha value is -3.63. The molecule has 11 heteroatoms. The summed E-state index contributed by atoms with van der Waals surface area (Å²) in [6.45, 7) is 1.56. The SMILES string of the molecule is COC(=O)[C@H](CNC(=O)C1CCNCC1)NC(=O)c1ccc(C(=O)NCc2cccc(O)c2)cc1Cl. The molecule has 10 nitrogen and oxygen atoms in total. The molecule has 2 aromatic carbocycles. The summed E-state index contributed by atoms with van der Waals surface area (Å²) in [6.07, 6.45) is 1.40. The van der Waals surface area contributed by atoms with Gasteiger partial charge in [0.15, 0.2) is 0 Å². The Kier molecular flexibility index (Phi) is 9.66. The van der Waals surface area contributed by atoms with Crippen molar-refractivity contribution in [1.82, 2.24) is 21.3 Å². The van der Waals surface area contributed by atoms with Crippen molar-refractivity contribution >= 4 is 35.3 Å². The number of esters is 1. The summed E-state index contributed by atoms with van der Waals surface area (Å²) in [5, 5.41) is 20.7. The van der Waals surface area contributed by atoms with Crippen LogP contribution >= 0.6 is 11.6 Å². The smallest absolute Gasteiger partial charge is 0.330 e. The number of amides is 3. The third kappa shape index (κ3) is 7.43. The highest BCUT2D eigenvalue weighted by atomic mass is 35.5. The van der Waals surface area contributed by atoms with Gasteiger partial charge in [-0.25, -0.2) is 4.79 Å². The third-order valence-corrected chi connectivity index (χ3v) is 6.13. The molecule has 2 aromatic rings. The Labute approximate surface area is 213 Å². The summed E-state index contributed by atoms with van der Waals surface area (Å²) in [6, 6.07) is 9.53. The highest BCUT2D eigenvalue weighted by molar-refractivity contribution is 6.34. The van der Waals surface area contributed by atoms with Crippen LogP contribution in [-0.4, -0.2) is 61.6 Å². The second kappa shape index (κ2) is 12.9. The predicted octanol–water partition coefficient (Wildman–Crippen LogP) is 1.36. The van der Waals surface area contributed by atoms with E-state index in [2.05, 4.69) is 21.3 Å². The lowest BCUT2D eigenvalue weighted by Crippen LogP contribution is -2.50. The van der Waals surface area contributed by atoms with Gasteiger partial charge in [-0.15, -0.1) is 0 Å². The van der Waals surface area contributed by atoms with Crippen molar-refractivity contribution in [2.45, 2.75) is 25.4 Å². The fraction of sp³-hybridized carbons (Fsp3) is 0.360. The van der Waals surface area contributed by atoms with Gasteiger partial charge in [-0.1, -0.05) is 23.7 Å². The van der Waals surface area contributed by atoms with Crippen LogP contribution in [0.2, 0.25) is 5.02 Å². The van der Waals surface area contributed by atoms with Gasteiger partial charge in [0.05, 0.1) is 17.7 Å². The first-order valence-corrected chi connectivity index (χ1v) is 11.9. The molecule has 1 aliphatic heterocycles. The van der Waals surface area contributed by atoms with Gasteiger partial charge < -0.3 is 31.1 Å². The van der Waals surface area contributed by atoms with E-state index in [9.17, 15) is 24.3 Å². The fourth-order valence-electron chi connectivity index (χ4n) is 3.79. The van der Waals surface area contributed by atoms with E-state index in [0.717, 1.165) is 13.1 Å². The second-order valence-electron chi connectivity index (χ2n) is 8.37. The topological polar surface area (TPSA) is 146 Å². The normalized spacial score (nSPS) is 14.4. The Morgan fingerprint density at radius 3 is 2.50 bits per heavy atom. The molecule has 0 spiro atoms. The maximum Gasteiger partial charge on any atom is 0.330 e. The molecule has 0 aliphatic carbocycles. The summed E-state index contributed by atoms with van der Waals surface area (Å²) in [7, 11) is 1.19.